The molecular weight excluding hydrogens is 464 g/mol. The van der Waals surface area contributed by atoms with Gasteiger partial charge in [0.05, 0.1) is 4.88 Å². The van der Waals surface area contributed by atoms with E-state index in [2.05, 4.69) is 36.7 Å². The fraction of sp³-hybridized carbons (Fsp3) is 0.462. The van der Waals surface area contributed by atoms with Crippen molar-refractivity contribution in [1.29, 1.82) is 0 Å². The molecule has 186 valence electrons. The molecule has 8 nitrogen and oxygen atoms in total. The smallest absolute Gasteiger partial charge is 0.324 e. The van der Waals surface area contributed by atoms with Crippen molar-refractivity contribution in [2.75, 3.05) is 17.2 Å². The Hall–Kier alpha value is -3.20. The highest BCUT2D eigenvalue weighted by Gasteiger charge is 2.53. The molecule has 1 aliphatic heterocycles. The summed E-state index contributed by atoms with van der Waals surface area (Å²) < 4.78 is 0. The number of urea groups is 1. The Morgan fingerprint density at radius 3 is 2.43 bits per heavy atom. The third-order valence-electron chi connectivity index (χ3n) is 7.55. The second kappa shape index (κ2) is 9.81. The molecule has 1 aromatic heterocycles. The molecule has 2 heterocycles. The molecule has 9 heteroatoms. The third kappa shape index (κ3) is 5.24. The Bertz CT molecular complexity index is 1120. The molecule has 1 aromatic carbocycles. The number of hydrogen-bond acceptors (Lipinski definition) is 5. The second-order valence-electron chi connectivity index (χ2n) is 10.1. The van der Waals surface area contributed by atoms with Crippen LogP contribution >= 0.6 is 11.3 Å². The molecule has 2 aromatic rings. The summed E-state index contributed by atoms with van der Waals surface area (Å²) in [6, 6.07) is 9.75. The van der Waals surface area contributed by atoms with E-state index < -0.39 is 17.5 Å². The topological polar surface area (TPSA) is 108 Å². The monoisotopic (exact) mass is 496 g/mol. The van der Waals surface area contributed by atoms with Crippen LogP contribution in [0, 0.1) is 11.3 Å². The molecule has 2 fully saturated rings. The summed E-state index contributed by atoms with van der Waals surface area (Å²) in [4.78, 5) is 52.4. The van der Waals surface area contributed by atoms with Gasteiger partial charge in [-0.15, -0.1) is 11.3 Å². The van der Waals surface area contributed by atoms with Crippen LogP contribution in [-0.2, 0) is 9.59 Å². The molecule has 1 saturated carbocycles. The van der Waals surface area contributed by atoms with Crippen molar-refractivity contribution < 1.29 is 19.2 Å². The molecule has 1 saturated heterocycles. The Morgan fingerprint density at radius 1 is 1.11 bits per heavy atom. The standard InChI is InChI=1S/C26H32N4O4S/c1-4-25(2,3)17-10-12-26(13-11-17)23(33)30(24(34)29-26)16-21(31)27-18-7-5-8-19(15-18)28-22(32)20-9-6-14-35-20/h5-9,14-15,17H,4,10-13,16H2,1-3H3,(H,27,31)(H,28,32)(H,29,34). The molecule has 0 unspecified atom stereocenters. The molecule has 2 aliphatic rings. The molecule has 0 bridgehead atoms. The molecule has 3 N–H and O–H groups in total. The van der Waals surface area contributed by atoms with Crippen molar-refractivity contribution in [1.82, 2.24) is 10.2 Å². The van der Waals surface area contributed by atoms with Crippen LogP contribution in [0.4, 0.5) is 16.2 Å². The quantitative estimate of drug-likeness (QED) is 0.476. The van der Waals surface area contributed by atoms with Crippen LogP contribution in [-0.4, -0.2) is 40.7 Å². The first-order chi connectivity index (χ1) is 16.6. The van der Waals surface area contributed by atoms with Crippen molar-refractivity contribution in [2.45, 2.75) is 58.4 Å². The van der Waals surface area contributed by atoms with Gasteiger partial charge in [-0.2, -0.15) is 0 Å². The first kappa shape index (κ1) is 24.9. The van der Waals surface area contributed by atoms with Crippen LogP contribution in [0.5, 0.6) is 0 Å². The van der Waals surface area contributed by atoms with Crippen molar-refractivity contribution in [3.63, 3.8) is 0 Å². The summed E-state index contributed by atoms with van der Waals surface area (Å²) in [6.45, 7) is 6.33. The van der Waals surface area contributed by atoms with Gasteiger partial charge in [-0.1, -0.05) is 39.3 Å². The SMILES string of the molecule is CCC(C)(C)C1CCC2(CC1)NC(=O)N(CC(=O)Nc1cccc(NC(=O)c3cccs3)c1)C2=O. The highest BCUT2D eigenvalue weighted by molar-refractivity contribution is 7.12. The molecular formula is C26H32N4O4S. The molecule has 0 radical (unpaired) electrons. The number of anilines is 2. The van der Waals surface area contributed by atoms with Gasteiger partial charge in [0.2, 0.25) is 5.91 Å². The number of rotatable bonds is 7. The molecule has 5 amide bonds. The first-order valence-corrected chi connectivity index (χ1v) is 12.9. The minimum Gasteiger partial charge on any atom is -0.324 e. The van der Waals surface area contributed by atoms with Gasteiger partial charge in [-0.05, 0) is 66.7 Å². The maximum absolute atomic E-state index is 13.2. The summed E-state index contributed by atoms with van der Waals surface area (Å²) in [5, 5.41) is 10.2. The average Bonchev–Trinajstić information content (AvgIpc) is 3.44. The molecule has 35 heavy (non-hydrogen) atoms. The van der Waals surface area contributed by atoms with Crippen LogP contribution in [0.2, 0.25) is 0 Å². The van der Waals surface area contributed by atoms with Gasteiger partial charge in [-0.25, -0.2) is 4.79 Å². The second-order valence-corrected chi connectivity index (χ2v) is 11.0. The summed E-state index contributed by atoms with van der Waals surface area (Å²) >= 11 is 1.34. The summed E-state index contributed by atoms with van der Waals surface area (Å²) in [5.74, 6) is -0.520. The van der Waals surface area contributed by atoms with Gasteiger partial charge < -0.3 is 16.0 Å². The zero-order valence-corrected chi connectivity index (χ0v) is 21.2. The third-order valence-corrected chi connectivity index (χ3v) is 8.42. The number of carbonyl (C=O) groups is 4. The summed E-state index contributed by atoms with van der Waals surface area (Å²) in [7, 11) is 0. The van der Waals surface area contributed by atoms with Gasteiger partial charge in [0.1, 0.15) is 12.1 Å². The minimum atomic E-state index is -0.899. The zero-order chi connectivity index (χ0) is 25.2. The van der Waals surface area contributed by atoms with E-state index in [9.17, 15) is 19.2 Å². The molecule has 1 spiro atoms. The number of imide groups is 1. The van der Waals surface area contributed by atoms with Gasteiger partial charge in [-0.3, -0.25) is 19.3 Å². The van der Waals surface area contributed by atoms with Gasteiger partial charge in [0.25, 0.3) is 11.8 Å². The molecule has 0 atom stereocenters. The maximum atomic E-state index is 13.2. The largest absolute Gasteiger partial charge is 0.325 e. The van der Waals surface area contributed by atoms with Crippen molar-refractivity contribution >= 4 is 46.5 Å². The van der Waals surface area contributed by atoms with E-state index in [-0.39, 0.29) is 23.8 Å². The predicted molar refractivity (Wildman–Crippen MR) is 136 cm³/mol. The van der Waals surface area contributed by atoms with E-state index in [0.717, 1.165) is 24.2 Å². The lowest BCUT2D eigenvalue weighted by Crippen LogP contribution is -2.51. The van der Waals surface area contributed by atoms with Crippen LogP contribution in [0.3, 0.4) is 0 Å². The number of carbonyl (C=O) groups excluding carboxylic acids is 4. The van der Waals surface area contributed by atoms with E-state index in [0.29, 0.717) is 35.0 Å². The average molecular weight is 497 g/mol. The van der Waals surface area contributed by atoms with E-state index >= 15 is 0 Å². The Balaban J connectivity index is 1.35. The Kier molecular flexibility index (Phi) is 6.98. The molecule has 4 rings (SSSR count). The van der Waals surface area contributed by atoms with Crippen molar-refractivity contribution in [3.05, 3.63) is 46.7 Å². The number of nitrogens with zero attached hydrogens (tertiary/aromatic N) is 1. The lowest BCUT2D eigenvalue weighted by atomic mass is 9.65. The van der Waals surface area contributed by atoms with Gasteiger partial charge >= 0.3 is 6.03 Å². The van der Waals surface area contributed by atoms with Crippen LogP contribution in [0.25, 0.3) is 0 Å². The number of hydrogen-bond donors (Lipinski definition) is 3. The number of amides is 5. The molecule has 1 aliphatic carbocycles. The fourth-order valence-electron chi connectivity index (χ4n) is 4.96. The van der Waals surface area contributed by atoms with Crippen molar-refractivity contribution in [3.8, 4) is 0 Å². The van der Waals surface area contributed by atoms with Crippen LogP contribution < -0.4 is 16.0 Å². The first-order valence-electron chi connectivity index (χ1n) is 12.0. The Morgan fingerprint density at radius 2 is 1.80 bits per heavy atom. The normalized spacial score (nSPS) is 22.3. The zero-order valence-electron chi connectivity index (χ0n) is 20.3. The van der Waals surface area contributed by atoms with Crippen molar-refractivity contribution in [2.24, 2.45) is 11.3 Å². The van der Waals surface area contributed by atoms with E-state index in [1.807, 2.05) is 5.38 Å². The van der Waals surface area contributed by atoms with Gasteiger partial charge in [0, 0.05) is 11.4 Å². The van der Waals surface area contributed by atoms with Crippen LogP contribution in [0.1, 0.15) is 62.5 Å². The predicted octanol–water partition coefficient (Wildman–Crippen LogP) is 4.86. The minimum absolute atomic E-state index is 0.199. The number of nitrogens with one attached hydrogen (secondary N) is 3. The van der Waals surface area contributed by atoms with Gasteiger partial charge in [0.15, 0.2) is 0 Å². The highest BCUT2D eigenvalue weighted by Crippen LogP contribution is 2.45. The number of benzene rings is 1. The fourth-order valence-corrected chi connectivity index (χ4v) is 5.58. The lowest BCUT2D eigenvalue weighted by Gasteiger charge is -2.42. The Labute approximate surface area is 209 Å². The van der Waals surface area contributed by atoms with E-state index in [4.69, 9.17) is 0 Å². The highest BCUT2D eigenvalue weighted by atomic mass is 32.1. The maximum Gasteiger partial charge on any atom is 0.325 e. The summed E-state index contributed by atoms with van der Waals surface area (Å²) in [5.41, 5.74) is 0.291. The number of thiophene rings is 1. The van der Waals surface area contributed by atoms with Crippen LogP contribution in [0.15, 0.2) is 41.8 Å². The lowest BCUT2D eigenvalue weighted by molar-refractivity contribution is -0.135. The summed E-state index contributed by atoms with van der Waals surface area (Å²) in [6.07, 6.45) is 4.00. The van der Waals surface area contributed by atoms with E-state index in [1.165, 1.54) is 11.3 Å². The van der Waals surface area contributed by atoms with E-state index in [1.54, 1.807) is 36.4 Å².